The first kappa shape index (κ1) is 19.6. The fraction of sp³-hybridized carbons (Fsp3) is 0.643. The van der Waals surface area contributed by atoms with Crippen LogP contribution in [-0.4, -0.2) is 45.7 Å². The van der Waals surface area contributed by atoms with Gasteiger partial charge in [-0.05, 0) is 12.8 Å². The van der Waals surface area contributed by atoms with Gasteiger partial charge in [-0.25, -0.2) is 4.98 Å². The molecule has 0 fully saturated rings. The molecule has 2 aromatic rings. The molecule has 0 saturated heterocycles. The third-order valence-corrected chi connectivity index (χ3v) is 4.85. The molecule has 0 unspecified atom stereocenters. The van der Waals surface area contributed by atoms with E-state index in [2.05, 4.69) is 15.0 Å². The molecule has 11 heteroatoms. The van der Waals surface area contributed by atoms with E-state index < -0.39 is 13.2 Å². The number of nitrogens with two attached hydrogens (primary N) is 1. The van der Waals surface area contributed by atoms with Gasteiger partial charge < -0.3 is 24.1 Å². The van der Waals surface area contributed by atoms with E-state index in [0.717, 1.165) is 12.8 Å². The molecule has 0 aliphatic heterocycles. The lowest BCUT2D eigenvalue weighted by atomic mass is 10.5. The van der Waals surface area contributed by atoms with Gasteiger partial charge >= 0.3 is 7.60 Å². The van der Waals surface area contributed by atoms with Crippen molar-refractivity contribution in [1.29, 1.82) is 0 Å². The van der Waals surface area contributed by atoms with Crippen LogP contribution in [0, 0.1) is 0 Å². The molecule has 0 amide bonds. The minimum absolute atomic E-state index is 0.0191. The zero-order valence-electron chi connectivity index (χ0n) is 14.4. The molecule has 0 spiro atoms. The van der Waals surface area contributed by atoms with Crippen molar-refractivity contribution < 1.29 is 18.3 Å². The smallest absolute Gasteiger partial charge is 0.356 e. The first-order chi connectivity index (χ1) is 12.0. The summed E-state index contributed by atoms with van der Waals surface area (Å²) in [7, 11) is -3.26. The predicted octanol–water partition coefficient (Wildman–Crippen LogP) is 1.72. The molecule has 0 aliphatic rings. The monoisotopic (exact) mass is 373 g/mol. The van der Waals surface area contributed by atoms with Crippen LogP contribution in [0.25, 0.3) is 11.2 Å². The largest absolute Gasteiger partial charge is 0.369 e. The zero-order chi connectivity index (χ0) is 18.3. The molecule has 0 atom stereocenters. The van der Waals surface area contributed by atoms with Gasteiger partial charge in [0.15, 0.2) is 11.2 Å². The van der Waals surface area contributed by atoms with E-state index in [0.29, 0.717) is 25.4 Å². The van der Waals surface area contributed by atoms with Gasteiger partial charge in [0.05, 0.1) is 26.1 Å². The van der Waals surface area contributed by atoms with E-state index in [9.17, 15) is 9.36 Å². The average Bonchev–Trinajstić information content (AvgIpc) is 2.98. The lowest BCUT2D eigenvalue weighted by molar-refractivity contribution is 0.123. The molecular formula is C14H24N5O5P. The zero-order valence-corrected chi connectivity index (χ0v) is 15.3. The van der Waals surface area contributed by atoms with Gasteiger partial charge in [0.2, 0.25) is 5.95 Å². The Morgan fingerprint density at radius 2 is 1.92 bits per heavy atom. The summed E-state index contributed by atoms with van der Waals surface area (Å²) < 4.78 is 30.3. The molecular weight excluding hydrogens is 349 g/mol. The van der Waals surface area contributed by atoms with Crippen LogP contribution in [0.2, 0.25) is 0 Å². The van der Waals surface area contributed by atoms with E-state index in [-0.39, 0.29) is 24.4 Å². The summed E-state index contributed by atoms with van der Waals surface area (Å²) in [5.41, 5.74) is 5.73. The number of fused-ring (bicyclic) bond motifs is 1. The molecule has 2 aromatic heterocycles. The van der Waals surface area contributed by atoms with Crippen molar-refractivity contribution in [3.05, 3.63) is 16.7 Å². The van der Waals surface area contributed by atoms with Gasteiger partial charge in [-0.3, -0.25) is 14.3 Å². The van der Waals surface area contributed by atoms with Crippen LogP contribution in [0.4, 0.5) is 5.95 Å². The van der Waals surface area contributed by atoms with Crippen LogP contribution >= 0.6 is 7.60 Å². The number of aromatic nitrogens is 4. The highest BCUT2D eigenvalue weighted by Gasteiger charge is 2.24. The first-order valence-electron chi connectivity index (χ1n) is 8.15. The summed E-state index contributed by atoms with van der Waals surface area (Å²) in [5.74, 6) is 0.0191. The molecule has 140 valence electrons. The molecule has 10 nitrogen and oxygen atoms in total. The Bertz CT molecular complexity index is 778. The third kappa shape index (κ3) is 5.37. The van der Waals surface area contributed by atoms with E-state index >= 15 is 0 Å². The number of hydrogen-bond acceptors (Lipinski definition) is 8. The van der Waals surface area contributed by atoms with Crippen molar-refractivity contribution in [3.63, 3.8) is 0 Å². The summed E-state index contributed by atoms with van der Waals surface area (Å²) in [6.45, 7) is 5.15. The van der Waals surface area contributed by atoms with Crippen molar-refractivity contribution in [1.82, 2.24) is 19.5 Å². The van der Waals surface area contributed by atoms with Gasteiger partial charge in [-0.1, -0.05) is 13.8 Å². The summed E-state index contributed by atoms with van der Waals surface area (Å²) in [4.78, 5) is 22.2. The number of hydrogen-bond donors (Lipinski definition) is 2. The minimum Gasteiger partial charge on any atom is -0.369 e. The Hall–Kier alpha value is -1.74. The maximum Gasteiger partial charge on any atom is 0.356 e. The van der Waals surface area contributed by atoms with Gasteiger partial charge in [0.1, 0.15) is 6.35 Å². The SMILES string of the molecule is CCCOP(=O)(COCCn1cnc2c(=O)[nH]c(N)nc21)OCCC. The van der Waals surface area contributed by atoms with E-state index in [1.807, 2.05) is 13.8 Å². The normalized spacial score (nSPS) is 12.1. The van der Waals surface area contributed by atoms with Crippen LogP contribution in [-0.2, 0) is 24.9 Å². The van der Waals surface area contributed by atoms with Crippen molar-refractivity contribution in [2.45, 2.75) is 33.2 Å². The van der Waals surface area contributed by atoms with Crippen molar-refractivity contribution in [2.24, 2.45) is 0 Å². The summed E-state index contributed by atoms with van der Waals surface area (Å²) in [6.07, 6.45) is 2.83. The summed E-state index contributed by atoms with van der Waals surface area (Å²) in [5, 5.41) is 0. The standard InChI is InChI=1S/C14H24N5O5P/c1-3-6-23-25(21,24-7-4-2)10-22-8-5-19-9-16-11-12(19)17-14(15)18-13(11)20/h9H,3-8,10H2,1-2H3,(H3,15,17,18,20). The molecule has 0 aromatic carbocycles. The van der Waals surface area contributed by atoms with Gasteiger partial charge in [0.25, 0.3) is 5.56 Å². The van der Waals surface area contributed by atoms with E-state index in [4.69, 9.17) is 19.5 Å². The van der Waals surface area contributed by atoms with Crippen LogP contribution < -0.4 is 11.3 Å². The topological polar surface area (TPSA) is 134 Å². The quantitative estimate of drug-likeness (QED) is 0.449. The van der Waals surface area contributed by atoms with Crippen molar-refractivity contribution >= 4 is 24.7 Å². The van der Waals surface area contributed by atoms with E-state index in [1.165, 1.54) is 6.33 Å². The Kier molecular flexibility index (Phi) is 7.12. The number of ether oxygens (including phenoxy) is 1. The number of anilines is 1. The van der Waals surface area contributed by atoms with Gasteiger partial charge in [0, 0.05) is 6.54 Å². The highest BCUT2D eigenvalue weighted by atomic mass is 31.2. The maximum atomic E-state index is 12.5. The Labute approximate surface area is 145 Å². The second kappa shape index (κ2) is 9.10. The number of aromatic amines is 1. The number of H-pyrrole nitrogens is 1. The van der Waals surface area contributed by atoms with Crippen molar-refractivity contribution in [2.75, 3.05) is 31.9 Å². The van der Waals surface area contributed by atoms with Gasteiger partial charge in [-0.2, -0.15) is 4.98 Å². The molecule has 0 bridgehead atoms. The van der Waals surface area contributed by atoms with Crippen LogP contribution in [0.3, 0.4) is 0 Å². The highest BCUT2D eigenvalue weighted by molar-refractivity contribution is 7.53. The molecule has 0 radical (unpaired) electrons. The average molecular weight is 373 g/mol. The second-order valence-corrected chi connectivity index (χ2v) is 7.37. The Morgan fingerprint density at radius 3 is 2.56 bits per heavy atom. The third-order valence-electron chi connectivity index (χ3n) is 3.20. The highest BCUT2D eigenvalue weighted by Crippen LogP contribution is 2.48. The summed E-state index contributed by atoms with van der Waals surface area (Å²) in [6, 6.07) is 0. The molecule has 3 N–H and O–H groups in total. The number of rotatable bonds is 11. The fourth-order valence-electron chi connectivity index (χ4n) is 2.05. The van der Waals surface area contributed by atoms with Crippen molar-refractivity contribution in [3.8, 4) is 0 Å². The molecule has 2 rings (SSSR count). The lowest BCUT2D eigenvalue weighted by Gasteiger charge is -2.18. The summed E-state index contributed by atoms with van der Waals surface area (Å²) >= 11 is 0. The predicted molar refractivity (Wildman–Crippen MR) is 93.5 cm³/mol. The molecule has 0 saturated carbocycles. The minimum atomic E-state index is -3.26. The maximum absolute atomic E-state index is 12.5. The van der Waals surface area contributed by atoms with Crippen LogP contribution in [0.15, 0.2) is 11.1 Å². The molecule has 25 heavy (non-hydrogen) atoms. The fourth-order valence-corrected chi connectivity index (χ4v) is 3.54. The number of nitrogens with one attached hydrogen (secondary N) is 1. The van der Waals surface area contributed by atoms with Gasteiger partial charge in [-0.15, -0.1) is 0 Å². The molecule has 2 heterocycles. The van der Waals surface area contributed by atoms with Crippen LogP contribution in [0.5, 0.6) is 0 Å². The first-order valence-corrected chi connectivity index (χ1v) is 9.88. The molecule has 0 aliphatic carbocycles. The van der Waals surface area contributed by atoms with E-state index in [1.54, 1.807) is 4.57 Å². The Balaban J connectivity index is 1.93. The lowest BCUT2D eigenvalue weighted by Crippen LogP contribution is -2.13. The Morgan fingerprint density at radius 1 is 1.24 bits per heavy atom. The number of imidazole rings is 1. The number of nitrogen functional groups attached to an aromatic ring is 1. The number of nitrogens with zero attached hydrogens (tertiary/aromatic N) is 3. The second-order valence-electron chi connectivity index (χ2n) is 5.38. The van der Waals surface area contributed by atoms with Crippen LogP contribution in [0.1, 0.15) is 26.7 Å².